The second-order valence-electron chi connectivity index (χ2n) is 7.92. The molecule has 3 amide bonds. The van der Waals surface area contributed by atoms with E-state index in [1.807, 2.05) is 92.7 Å². The molecule has 0 aliphatic heterocycles. The van der Waals surface area contributed by atoms with Gasteiger partial charge in [0.25, 0.3) is 0 Å². The highest BCUT2D eigenvalue weighted by molar-refractivity contribution is 7.18. The van der Waals surface area contributed by atoms with E-state index in [9.17, 15) is 9.59 Å². The molecule has 1 atom stereocenters. The van der Waals surface area contributed by atoms with E-state index in [0.29, 0.717) is 22.2 Å². The zero-order valence-electron chi connectivity index (χ0n) is 18.9. The zero-order chi connectivity index (χ0) is 23.9. The maximum atomic E-state index is 13.1. The van der Waals surface area contributed by atoms with E-state index in [1.54, 1.807) is 0 Å². The van der Waals surface area contributed by atoms with Gasteiger partial charge in [-0.05, 0) is 31.0 Å². The number of aromatic nitrogens is 2. The van der Waals surface area contributed by atoms with Crippen LogP contribution in [0, 0.1) is 13.8 Å². The topological polar surface area (TPSA) is 96.0 Å². The Labute approximate surface area is 202 Å². The molecule has 8 heteroatoms. The first-order valence-electron chi connectivity index (χ1n) is 10.9. The van der Waals surface area contributed by atoms with Crippen LogP contribution in [0.4, 0.5) is 15.6 Å². The number of anilines is 2. The Balaban J connectivity index is 1.48. The first-order valence-corrected chi connectivity index (χ1v) is 11.7. The molecule has 172 valence electrons. The fraction of sp³-hybridized carbons (Fsp3) is 0.154. The van der Waals surface area contributed by atoms with Gasteiger partial charge < -0.3 is 10.6 Å². The number of urea groups is 1. The summed E-state index contributed by atoms with van der Waals surface area (Å²) in [4.78, 5) is 25.9. The average molecular weight is 472 g/mol. The van der Waals surface area contributed by atoms with E-state index in [4.69, 9.17) is 0 Å². The minimum absolute atomic E-state index is 0.331. The number of para-hydroxylation sites is 1. The third kappa shape index (κ3) is 6.05. The van der Waals surface area contributed by atoms with E-state index in [2.05, 4.69) is 26.1 Å². The molecule has 0 bridgehead atoms. The number of carbonyl (C=O) groups is 2. The number of benzene rings is 3. The van der Waals surface area contributed by atoms with Crippen LogP contribution in [-0.4, -0.2) is 28.2 Å². The number of aryl methyl sites for hydroxylation is 2. The van der Waals surface area contributed by atoms with Crippen LogP contribution in [0.1, 0.15) is 16.7 Å². The summed E-state index contributed by atoms with van der Waals surface area (Å²) < 4.78 is 0. The summed E-state index contributed by atoms with van der Waals surface area (Å²) >= 11 is 1.28. The molecule has 0 aliphatic rings. The third-order valence-corrected chi connectivity index (χ3v) is 6.14. The molecule has 4 aromatic rings. The van der Waals surface area contributed by atoms with Gasteiger partial charge in [-0.15, -0.1) is 10.2 Å². The number of carbonyl (C=O) groups excluding carboxylic acids is 2. The van der Waals surface area contributed by atoms with Gasteiger partial charge in [0.1, 0.15) is 11.0 Å². The molecule has 7 nitrogen and oxygen atoms in total. The lowest BCUT2D eigenvalue weighted by molar-refractivity contribution is -0.117. The van der Waals surface area contributed by atoms with Gasteiger partial charge >= 0.3 is 6.03 Å². The molecular formula is C26H25N5O2S. The summed E-state index contributed by atoms with van der Waals surface area (Å²) in [5.41, 5.74) is 4.63. The predicted octanol–water partition coefficient (Wildman–Crippen LogP) is 5.19. The van der Waals surface area contributed by atoms with Crippen molar-refractivity contribution < 1.29 is 9.59 Å². The van der Waals surface area contributed by atoms with Crippen LogP contribution in [0.2, 0.25) is 0 Å². The summed E-state index contributed by atoms with van der Waals surface area (Å²) in [6.45, 7) is 3.93. The standard InChI is InChI=1S/C26H25N5O2S/c1-17-12-14-20(15-13-17)24-30-31-26(34-24)29-23(32)22(16-19-9-4-3-5-10-19)28-25(33)27-21-11-7-6-8-18(21)2/h3-15,22H,16H2,1-2H3,(H2,27,28,33)(H,29,31,32). The Morgan fingerprint density at radius 3 is 2.29 bits per heavy atom. The summed E-state index contributed by atoms with van der Waals surface area (Å²) in [5.74, 6) is -0.365. The van der Waals surface area contributed by atoms with Crippen molar-refractivity contribution in [3.8, 4) is 10.6 Å². The Morgan fingerprint density at radius 1 is 0.853 bits per heavy atom. The lowest BCUT2D eigenvalue weighted by Crippen LogP contribution is -2.47. The van der Waals surface area contributed by atoms with Crippen molar-refractivity contribution >= 4 is 34.1 Å². The van der Waals surface area contributed by atoms with Crippen molar-refractivity contribution in [1.82, 2.24) is 15.5 Å². The molecule has 0 aliphatic carbocycles. The van der Waals surface area contributed by atoms with E-state index in [0.717, 1.165) is 22.3 Å². The van der Waals surface area contributed by atoms with Gasteiger partial charge in [-0.1, -0.05) is 89.7 Å². The van der Waals surface area contributed by atoms with Gasteiger partial charge in [-0.2, -0.15) is 0 Å². The number of nitrogens with one attached hydrogen (secondary N) is 3. The van der Waals surface area contributed by atoms with Gasteiger partial charge in [0.15, 0.2) is 0 Å². The monoisotopic (exact) mass is 471 g/mol. The smallest absolute Gasteiger partial charge is 0.319 e. The van der Waals surface area contributed by atoms with E-state index >= 15 is 0 Å². The molecule has 0 saturated carbocycles. The number of amides is 3. The van der Waals surface area contributed by atoms with Crippen LogP contribution >= 0.6 is 11.3 Å². The summed E-state index contributed by atoms with van der Waals surface area (Å²) in [5, 5.41) is 17.8. The van der Waals surface area contributed by atoms with Crippen molar-refractivity contribution in [2.45, 2.75) is 26.3 Å². The van der Waals surface area contributed by atoms with Crippen LogP contribution in [0.25, 0.3) is 10.6 Å². The van der Waals surface area contributed by atoms with Crippen molar-refractivity contribution in [1.29, 1.82) is 0 Å². The lowest BCUT2D eigenvalue weighted by Gasteiger charge is -2.18. The summed E-state index contributed by atoms with van der Waals surface area (Å²) in [6, 6.07) is 23.7. The molecule has 3 N–H and O–H groups in total. The number of hydrogen-bond donors (Lipinski definition) is 3. The summed E-state index contributed by atoms with van der Waals surface area (Å²) in [7, 11) is 0. The lowest BCUT2D eigenvalue weighted by atomic mass is 10.1. The average Bonchev–Trinajstić information content (AvgIpc) is 3.29. The third-order valence-electron chi connectivity index (χ3n) is 5.25. The van der Waals surface area contributed by atoms with Gasteiger partial charge in [0.2, 0.25) is 11.0 Å². The fourth-order valence-electron chi connectivity index (χ4n) is 3.37. The molecule has 4 rings (SSSR count). The van der Waals surface area contributed by atoms with E-state index in [1.165, 1.54) is 11.3 Å². The maximum Gasteiger partial charge on any atom is 0.319 e. The highest BCUT2D eigenvalue weighted by atomic mass is 32.1. The molecule has 34 heavy (non-hydrogen) atoms. The Morgan fingerprint density at radius 2 is 1.56 bits per heavy atom. The van der Waals surface area contributed by atoms with Crippen molar-refractivity contribution in [3.05, 3.63) is 95.6 Å². The number of rotatable bonds is 7. The molecule has 0 fully saturated rings. The Hall–Kier alpha value is -4.04. The molecule has 3 aromatic carbocycles. The van der Waals surface area contributed by atoms with Gasteiger partial charge in [-0.25, -0.2) is 4.79 Å². The van der Waals surface area contributed by atoms with Crippen LogP contribution < -0.4 is 16.0 Å². The van der Waals surface area contributed by atoms with Gasteiger partial charge in [0.05, 0.1) is 0 Å². The normalized spacial score (nSPS) is 11.5. The molecule has 1 aromatic heterocycles. The molecule has 0 saturated heterocycles. The largest absolute Gasteiger partial charge is 0.326 e. The van der Waals surface area contributed by atoms with Gasteiger partial charge in [0, 0.05) is 17.7 Å². The minimum atomic E-state index is -0.807. The Kier molecular flexibility index (Phi) is 7.29. The molecular weight excluding hydrogens is 446 g/mol. The van der Waals surface area contributed by atoms with Crippen molar-refractivity contribution in [2.75, 3.05) is 10.6 Å². The van der Waals surface area contributed by atoms with Crippen LogP contribution in [0.5, 0.6) is 0 Å². The van der Waals surface area contributed by atoms with Gasteiger partial charge in [-0.3, -0.25) is 10.1 Å². The minimum Gasteiger partial charge on any atom is -0.326 e. The highest BCUT2D eigenvalue weighted by Gasteiger charge is 2.23. The van der Waals surface area contributed by atoms with Crippen LogP contribution in [0.15, 0.2) is 78.9 Å². The van der Waals surface area contributed by atoms with Crippen LogP contribution in [-0.2, 0) is 11.2 Å². The zero-order valence-corrected chi connectivity index (χ0v) is 19.7. The maximum absolute atomic E-state index is 13.1. The molecule has 0 spiro atoms. The van der Waals surface area contributed by atoms with E-state index < -0.39 is 12.1 Å². The highest BCUT2D eigenvalue weighted by Crippen LogP contribution is 2.26. The Bertz CT molecular complexity index is 1270. The second kappa shape index (κ2) is 10.7. The second-order valence-corrected chi connectivity index (χ2v) is 8.90. The van der Waals surface area contributed by atoms with E-state index in [-0.39, 0.29) is 5.91 Å². The first kappa shape index (κ1) is 23.1. The quantitative estimate of drug-likeness (QED) is 0.345. The molecule has 1 heterocycles. The first-order chi connectivity index (χ1) is 16.5. The van der Waals surface area contributed by atoms with Crippen molar-refractivity contribution in [2.24, 2.45) is 0 Å². The summed E-state index contributed by atoms with van der Waals surface area (Å²) in [6.07, 6.45) is 0.331. The molecule has 1 unspecified atom stereocenters. The molecule has 0 radical (unpaired) electrons. The van der Waals surface area contributed by atoms with Crippen LogP contribution in [0.3, 0.4) is 0 Å². The predicted molar refractivity (Wildman–Crippen MR) is 136 cm³/mol. The number of nitrogens with zero attached hydrogens (tertiary/aromatic N) is 2. The fourth-order valence-corrected chi connectivity index (χ4v) is 4.12. The van der Waals surface area contributed by atoms with Crippen molar-refractivity contribution in [3.63, 3.8) is 0 Å². The number of hydrogen-bond acceptors (Lipinski definition) is 5. The SMILES string of the molecule is Cc1ccc(-c2nnc(NC(=O)C(Cc3ccccc3)NC(=O)Nc3ccccc3C)s2)cc1.